The van der Waals surface area contributed by atoms with Crippen LogP contribution in [0, 0.1) is 16.6 Å². The van der Waals surface area contributed by atoms with Gasteiger partial charge in [0.1, 0.15) is 5.82 Å². The van der Waals surface area contributed by atoms with Crippen LogP contribution in [0.5, 0.6) is 23.0 Å². The normalized spacial score (nSPS) is 15.0. The van der Waals surface area contributed by atoms with E-state index in [0.717, 1.165) is 11.1 Å². The molecule has 1 aliphatic heterocycles. The van der Waals surface area contributed by atoms with Gasteiger partial charge >= 0.3 is 7.82 Å². The van der Waals surface area contributed by atoms with Crippen molar-refractivity contribution in [1.82, 2.24) is 15.0 Å². The molecule has 3 heterocycles. The van der Waals surface area contributed by atoms with E-state index in [1.165, 1.54) is 47.3 Å². The first-order valence-electron chi connectivity index (χ1n) is 14.8. The monoisotopic (exact) mass is 692 g/mol. The van der Waals surface area contributed by atoms with Gasteiger partial charge in [0, 0.05) is 28.7 Å². The lowest BCUT2D eigenvalue weighted by Crippen LogP contribution is -2.72. The lowest BCUT2D eigenvalue weighted by molar-refractivity contribution is -0.160. The number of halogens is 1. The molecule has 1 amide bonds. The summed E-state index contributed by atoms with van der Waals surface area (Å²) >= 11 is 0. The number of carbonyl (C=O) groups excluding carboxylic acids is 1. The molecule has 15 nitrogen and oxygen atoms in total. The molecule has 0 bridgehead atoms. The molecule has 4 N–H and O–H groups in total. The number of fused-ring (bicyclic) bond motifs is 1. The third kappa shape index (κ3) is 6.83. The maximum Gasteiger partial charge on any atom is 0.471 e. The van der Waals surface area contributed by atoms with E-state index in [0.29, 0.717) is 22.9 Å². The van der Waals surface area contributed by atoms with E-state index < -0.39 is 41.7 Å². The summed E-state index contributed by atoms with van der Waals surface area (Å²) in [7, 11) is -0.815. The number of ether oxygens (including phenoxy) is 4. The predicted octanol–water partition coefficient (Wildman–Crippen LogP) is 5.93. The number of hydrogen-bond acceptors (Lipinski definition) is 12. The molecule has 0 aliphatic carbocycles. The quantitative estimate of drug-likeness (QED) is 0.183. The van der Waals surface area contributed by atoms with Crippen molar-refractivity contribution in [3.63, 3.8) is 0 Å². The minimum absolute atomic E-state index is 0.00236. The Morgan fingerprint density at radius 3 is 2.02 bits per heavy atom. The van der Waals surface area contributed by atoms with Gasteiger partial charge in [-0.05, 0) is 26.0 Å². The Labute approximate surface area is 278 Å². The van der Waals surface area contributed by atoms with Gasteiger partial charge in [-0.15, -0.1) is 0 Å². The molecule has 0 saturated heterocycles. The van der Waals surface area contributed by atoms with E-state index in [1.807, 2.05) is 0 Å². The van der Waals surface area contributed by atoms with Crippen LogP contribution in [0.25, 0.3) is 0 Å². The maximum absolute atomic E-state index is 15.1. The molecular weight excluding hydrogens is 650 g/mol. The summed E-state index contributed by atoms with van der Waals surface area (Å²) in [6, 6.07) is 6.23. The van der Waals surface area contributed by atoms with E-state index in [4.69, 9.17) is 23.5 Å². The molecule has 0 fully saturated rings. The minimum Gasteiger partial charge on any atom is -0.493 e. The number of nitrogens with one attached hydrogen (secondary N) is 2. The van der Waals surface area contributed by atoms with Crippen LogP contribution < -0.4 is 34.5 Å². The van der Waals surface area contributed by atoms with Crippen molar-refractivity contribution in [1.29, 1.82) is 0 Å². The number of aromatic nitrogens is 3. The minimum atomic E-state index is -5.22. The van der Waals surface area contributed by atoms with Crippen molar-refractivity contribution in [2.24, 2.45) is 10.8 Å². The lowest BCUT2D eigenvalue weighted by atomic mass is 9.66. The number of anilines is 5. The predicted molar refractivity (Wildman–Crippen MR) is 176 cm³/mol. The molecule has 0 saturated carbocycles. The first-order chi connectivity index (χ1) is 22.1. The van der Waals surface area contributed by atoms with Crippen LogP contribution in [0.15, 0.2) is 30.5 Å². The summed E-state index contributed by atoms with van der Waals surface area (Å²) in [6.07, 6.45) is 0.952. The Balaban J connectivity index is 1.82. The van der Waals surface area contributed by atoms with Crippen LogP contribution in [0.4, 0.5) is 33.5 Å². The average Bonchev–Trinajstić information content (AvgIpc) is 2.96. The molecule has 4 rings (SSSR count). The number of phosphoric acid groups is 1. The fourth-order valence-corrected chi connectivity index (χ4v) is 6.90. The first-order valence-corrected chi connectivity index (χ1v) is 16.3. The summed E-state index contributed by atoms with van der Waals surface area (Å²) in [6.45, 7) is 13.3. The number of carbonyl (C=O) groups is 1. The fourth-order valence-electron chi connectivity index (χ4n) is 5.92. The Morgan fingerprint density at radius 1 is 0.938 bits per heavy atom. The molecule has 1 aromatic carbocycles. The largest absolute Gasteiger partial charge is 0.493 e. The number of phosphoric ester groups is 1. The molecular formula is C31H42FN6O9P. The highest BCUT2D eigenvalue weighted by Crippen LogP contribution is 2.60. The highest BCUT2D eigenvalue weighted by atomic mass is 31.2. The highest BCUT2D eigenvalue weighted by Gasteiger charge is 2.64. The summed E-state index contributed by atoms with van der Waals surface area (Å²) in [5.74, 6) is -0.591. The second-order valence-electron chi connectivity index (χ2n) is 13.6. The van der Waals surface area contributed by atoms with Crippen LogP contribution >= 0.6 is 7.82 Å². The van der Waals surface area contributed by atoms with Crippen LogP contribution in [0.2, 0.25) is 0 Å². The maximum atomic E-state index is 15.1. The number of pyridine rings is 1. The number of nitrogens with zero attached hydrogens (tertiary/aromatic N) is 4. The van der Waals surface area contributed by atoms with E-state index in [2.05, 4.69) is 25.6 Å². The van der Waals surface area contributed by atoms with Gasteiger partial charge in [0.2, 0.25) is 11.7 Å². The molecule has 1 aliphatic rings. The van der Waals surface area contributed by atoms with E-state index in [1.54, 1.807) is 53.7 Å². The molecule has 48 heavy (non-hydrogen) atoms. The third-order valence-electron chi connectivity index (χ3n) is 7.64. The summed E-state index contributed by atoms with van der Waals surface area (Å²) in [5, 5.41) is 5.79. The summed E-state index contributed by atoms with van der Waals surface area (Å²) < 4.78 is 55.5. The Morgan fingerprint density at radius 2 is 1.52 bits per heavy atom. The van der Waals surface area contributed by atoms with Gasteiger partial charge in [-0.2, -0.15) is 4.98 Å². The topological polar surface area (TPSA) is 187 Å². The molecule has 3 aromatic rings. The second-order valence-corrected chi connectivity index (χ2v) is 14.7. The lowest BCUT2D eigenvalue weighted by Gasteiger charge is -2.59. The van der Waals surface area contributed by atoms with Crippen molar-refractivity contribution in [3.05, 3.63) is 36.3 Å². The zero-order valence-corrected chi connectivity index (χ0v) is 29.6. The molecule has 262 valence electrons. The number of amides is 1. The molecule has 0 radical (unpaired) electrons. The molecule has 2 aromatic heterocycles. The van der Waals surface area contributed by atoms with Crippen LogP contribution in [-0.2, 0) is 13.9 Å². The fraction of sp³-hybridized carbons (Fsp3) is 0.484. The number of methoxy groups -OCH3 is 3. The van der Waals surface area contributed by atoms with Crippen LogP contribution in [-0.4, -0.2) is 63.3 Å². The van der Waals surface area contributed by atoms with Gasteiger partial charge in [-0.1, -0.05) is 41.5 Å². The van der Waals surface area contributed by atoms with Gasteiger partial charge < -0.3 is 39.4 Å². The second kappa shape index (κ2) is 12.7. The Bertz CT molecular complexity index is 1710. The van der Waals surface area contributed by atoms with Gasteiger partial charge in [0.05, 0.1) is 27.5 Å². The zero-order valence-electron chi connectivity index (χ0n) is 28.8. The van der Waals surface area contributed by atoms with E-state index in [-0.39, 0.29) is 29.2 Å². The van der Waals surface area contributed by atoms with Crippen molar-refractivity contribution >= 4 is 42.8 Å². The van der Waals surface area contributed by atoms with E-state index >= 15 is 4.39 Å². The number of benzene rings is 1. The van der Waals surface area contributed by atoms with Crippen molar-refractivity contribution in [2.75, 3.05) is 36.9 Å². The van der Waals surface area contributed by atoms with Gasteiger partial charge in [-0.25, -0.2) is 18.9 Å². The van der Waals surface area contributed by atoms with Crippen molar-refractivity contribution < 1.29 is 47.0 Å². The zero-order chi connectivity index (χ0) is 36.0. The van der Waals surface area contributed by atoms with Crippen molar-refractivity contribution in [3.8, 4) is 23.0 Å². The van der Waals surface area contributed by atoms with Crippen LogP contribution in [0.1, 0.15) is 55.4 Å². The average molecular weight is 693 g/mol. The van der Waals surface area contributed by atoms with E-state index in [9.17, 15) is 19.1 Å². The van der Waals surface area contributed by atoms with Gasteiger partial charge in [-0.3, -0.25) is 14.2 Å². The Hall–Kier alpha value is -4.24. The standard InChI is InChI=1S/C31H42FN6O9P/c1-28(2,3)31(29(4,5)6,47-48(40,41)42)38-25-19(46-30(7,8)26(38)39)12-13-22(36-25)35-24-18(32)16-33-27(37-24)34-17-14-20(43-9)23(45-11)21(15-17)44-10/h12-16H,1-11H3,(H2,40,41,42)(H2,33,34,35,36,37). The molecule has 17 heteroatoms. The number of rotatable bonds is 10. The summed E-state index contributed by atoms with van der Waals surface area (Å²) in [5.41, 5.74) is -5.22. The van der Waals surface area contributed by atoms with Crippen LogP contribution in [0.3, 0.4) is 0 Å². The smallest absolute Gasteiger partial charge is 0.471 e. The summed E-state index contributed by atoms with van der Waals surface area (Å²) in [4.78, 5) is 48.6. The van der Waals surface area contributed by atoms with Gasteiger partial charge in [0.25, 0.3) is 5.91 Å². The van der Waals surface area contributed by atoms with Gasteiger partial charge in [0.15, 0.2) is 46.0 Å². The third-order valence-corrected chi connectivity index (χ3v) is 8.15. The Kier molecular flexibility index (Phi) is 9.65. The first kappa shape index (κ1) is 36.6. The molecule has 0 unspecified atom stereocenters. The number of hydrogen-bond donors (Lipinski definition) is 4. The molecule has 0 atom stereocenters. The highest BCUT2D eigenvalue weighted by molar-refractivity contribution is 7.46. The SMILES string of the molecule is COc1cc(Nc2ncc(F)c(Nc3ccc4c(n3)N(C(OP(=O)(O)O)(C(C)(C)C)C(C)(C)C)C(=O)C(C)(C)O4)n2)cc(OC)c1OC. The molecule has 0 spiro atoms. The van der Waals surface area contributed by atoms with Crippen molar-refractivity contribution in [2.45, 2.75) is 66.7 Å².